The highest BCUT2D eigenvalue weighted by atomic mass is 35.5. The monoisotopic (exact) mass is 418 g/mol. The summed E-state index contributed by atoms with van der Waals surface area (Å²) in [6, 6.07) is 18.2. The Labute approximate surface area is 165 Å². The second kappa shape index (κ2) is 6.60. The van der Waals surface area contributed by atoms with Gasteiger partial charge in [0.05, 0.1) is 10.0 Å². The highest BCUT2D eigenvalue weighted by molar-refractivity contribution is 7.87. The molecule has 4 aromatic rings. The maximum Gasteiger partial charge on any atom is 0.343 e. The van der Waals surface area contributed by atoms with Crippen LogP contribution in [0.2, 0.25) is 10.0 Å². The molecule has 0 aliphatic rings. The minimum absolute atomic E-state index is 0.0378. The SMILES string of the molecule is O=S(=O)(Oc1c(Cl)cc(Cl)c2ccccc12)c1ccc2ccccc2c1O. The van der Waals surface area contributed by atoms with Crippen LogP contribution in [0.25, 0.3) is 21.5 Å². The summed E-state index contributed by atoms with van der Waals surface area (Å²) in [6.07, 6.45) is 0. The summed E-state index contributed by atoms with van der Waals surface area (Å²) >= 11 is 12.4. The third kappa shape index (κ3) is 3.08. The van der Waals surface area contributed by atoms with Gasteiger partial charge >= 0.3 is 10.1 Å². The van der Waals surface area contributed by atoms with E-state index < -0.39 is 10.1 Å². The topological polar surface area (TPSA) is 63.6 Å². The highest BCUT2D eigenvalue weighted by Gasteiger charge is 2.25. The molecule has 0 aliphatic heterocycles. The molecule has 4 aromatic carbocycles. The zero-order chi connectivity index (χ0) is 19.2. The Hall–Kier alpha value is -2.47. The lowest BCUT2D eigenvalue weighted by molar-refractivity contribution is 0.450. The Morgan fingerprint density at radius 3 is 2.15 bits per heavy atom. The number of rotatable bonds is 3. The van der Waals surface area contributed by atoms with Crippen LogP contribution in [0.15, 0.2) is 71.6 Å². The molecule has 0 amide bonds. The Bertz CT molecular complexity index is 1300. The van der Waals surface area contributed by atoms with Crippen molar-refractivity contribution < 1.29 is 17.7 Å². The van der Waals surface area contributed by atoms with Crippen molar-refractivity contribution in [1.29, 1.82) is 0 Å². The lowest BCUT2D eigenvalue weighted by Gasteiger charge is -2.14. The fraction of sp³-hybridized carbons (Fsp3) is 0. The molecular formula is C20H12Cl2O4S. The van der Waals surface area contributed by atoms with Crippen molar-refractivity contribution in [1.82, 2.24) is 0 Å². The lowest BCUT2D eigenvalue weighted by Crippen LogP contribution is -2.11. The van der Waals surface area contributed by atoms with Crippen LogP contribution in [-0.2, 0) is 10.1 Å². The molecule has 0 fully saturated rings. The second-order valence-electron chi connectivity index (χ2n) is 5.89. The predicted molar refractivity (Wildman–Crippen MR) is 107 cm³/mol. The van der Waals surface area contributed by atoms with Gasteiger partial charge in [-0.15, -0.1) is 0 Å². The predicted octanol–water partition coefficient (Wildman–Crippen LogP) is 5.77. The molecule has 4 nitrogen and oxygen atoms in total. The van der Waals surface area contributed by atoms with Gasteiger partial charge in [-0.25, -0.2) is 0 Å². The van der Waals surface area contributed by atoms with Gasteiger partial charge in [-0.2, -0.15) is 8.42 Å². The van der Waals surface area contributed by atoms with Crippen LogP contribution in [0.5, 0.6) is 11.5 Å². The van der Waals surface area contributed by atoms with E-state index in [0.29, 0.717) is 26.6 Å². The number of phenols is 1. The van der Waals surface area contributed by atoms with E-state index in [2.05, 4.69) is 0 Å². The quantitative estimate of drug-likeness (QED) is 0.428. The number of hydrogen-bond acceptors (Lipinski definition) is 4. The molecule has 0 unspecified atom stereocenters. The summed E-state index contributed by atoms with van der Waals surface area (Å²) in [7, 11) is -4.34. The first-order chi connectivity index (χ1) is 12.9. The number of halogens is 2. The van der Waals surface area contributed by atoms with Crippen molar-refractivity contribution in [2.75, 3.05) is 0 Å². The third-order valence-corrected chi connectivity index (χ3v) is 6.07. The van der Waals surface area contributed by atoms with Crippen LogP contribution < -0.4 is 4.18 Å². The molecule has 0 aromatic heterocycles. The number of aromatic hydroxyl groups is 1. The third-order valence-electron chi connectivity index (χ3n) is 4.23. The van der Waals surface area contributed by atoms with Gasteiger partial charge in [-0.1, -0.05) is 77.8 Å². The second-order valence-corrected chi connectivity index (χ2v) is 8.21. The summed E-state index contributed by atoms with van der Waals surface area (Å²) in [5.74, 6) is -0.410. The average Bonchev–Trinajstić information content (AvgIpc) is 2.65. The van der Waals surface area contributed by atoms with E-state index >= 15 is 0 Å². The number of phenolic OH excluding ortho intramolecular Hbond substituents is 1. The Morgan fingerprint density at radius 1 is 0.778 bits per heavy atom. The van der Waals surface area contributed by atoms with E-state index in [1.807, 2.05) is 0 Å². The number of benzene rings is 4. The fourth-order valence-electron chi connectivity index (χ4n) is 2.95. The van der Waals surface area contributed by atoms with Gasteiger partial charge in [0.2, 0.25) is 0 Å². The minimum atomic E-state index is -4.34. The Kier molecular flexibility index (Phi) is 4.38. The van der Waals surface area contributed by atoms with Gasteiger partial charge in [-0.3, -0.25) is 0 Å². The first kappa shape index (κ1) is 17.9. The van der Waals surface area contributed by atoms with Gasteiger partial charge in [0, 0.05) is 16.2 Å². The zero-order valence-electron chi connectivity index (χ0n) is 13.7. The summed E-state index contributed by atoms with van der Waals surface area (Å²) in [5.41, 5.74) is 0. The lowest BCUT2D eigenvalue weighted by atomic mass is 10.1. The van der Waals surface area contributed by atoms with Gasteiger partial charge in [0.25, 0.3) is 0 Å². The maximum atomic E-state index is 12.9. The maximum absolute atomic E-state index is 12.9. The highest BCUT2D eigenvalue weighted by Crippen LogP contribution is 2.41. The van der Waals surface area contributed by atoms with Crippen molar-refractivity contribution in [3.8, 4) is 11.5 Å². The van der Waals surface area contributed by atoms with Crippen LogP contribution in [0.1, 0.15) is 0 Å². The van der Waals surface area contributed by atoms with E-state index in [-0.39, 0.29) is 21.4 Å². The van der Waals surface area contributed by atoms with Gasteiger partial charge in [0.1, 0.15) is 10.6 Å². The molecule has 7 heteroatoms. The molecular weight excluding hydrogens is 407 g/mol. The summed E-state index contributed by atoms with van der Waals surface area (Å²) in [4.78, 5) is -0.337. The van der Waals surface area contributed by atoms with Crippen molar-refractivity contribution >= 4 is 54.9 Å². The van der Waals surface area contributed by atoms with Crippen molar-refractivity contribution in [3.63, 3.8) is 0 Å². The molecule has 0 aliphatic carbocycles. The first-order valence-electron chi connectivity index (χ1n) is 7.90. The molecule has 27 heavy (non-hydrogen) atoms. The van der Waals surface area contributed by atoms with Crippen molar-refractivity contribution in [3.05, 3.63) is 76.8 Å². The minimum Gasteiger partial charge on any atom is -0.506 e. The normalized spacial score (nSPS) is 11.8. The molecule has 0 atom stereocenters. The molecule has 136 valence electrons. The average molecular weight is 419 g/mol. The first-order valence-corrected chi connectivity index (χ1v) is 10.1. The smallest absolute Gasteiger partial charge is 0.343 e. The summed E-state index contributed by atoms with van der Waals surface area (Å²) < 4.78 is 31.1. The van der Waals surface area contributed by atoms with Crippen molar-refractivity contribution in [2.45, 2.75) is 4.90 Å². The molecule has 4 rings (SSSR count). The van der Waals surface area contributed by atoms with Gasteiger partial charge < -0.3 is 9.29 Å². The van der Waals surface area contributed by atoms with Gasteiger partial charge in [0.15, 0.2) is 5.75 Å². The van der Waals surface area contributed by atoms with E-state index in [1.54, 1.807) is 54.6 Å². The summed E-state index contributed by atoms with van der Waals surface area (Å²) in [5, 5.41) is 13.1. The number of fused-ring (bicyclic) bond motifs is 2. The van der Waals surface area contributed by atoms with Gasteiger partial charge in [-0.05, 0) is 17.5 Å². The molecule has 0 heterocycles. The van der Waals surface area contributed by atoms with E-state index in [0.717, 1.165) is 0 Å². The number of hydrogen-bond donors (Lipinski definition) is 1. The molecule has 0 bridgehead atoms. The van der Waals surface area contributed by atoms with Crippen molar-refractivity contribution in [2.24, 2.45) is 0 Å². The largest absolute Gasteiger partial charge is 0.506 e. The van der Waals surface area contributed by atoms with E-state index in [4.69, 9.17) is 27.4 Å². The fourth-order valence-corrected chi connectivity index (χ4v) is 4.64. The molecule has 0 radical (unpaired) electrons. The molecule has 0 saturated heterocycles. The van der Waals surface area contributed by atoms with Crippen LogP contribution in [0.4, 0.5) is 0 Å². The Balaban J connectivity index is 1.88. The Morgan fingerprint density at radius 2 is 1.41 bits per heavy atom. The molecule has 0 spiro atoms. The van der Waals surface area contributed by atoms with Crippen LogP contribution in [-0.4, -0.2) is 13.5 Å². The molecule has 0 saturated carbocycles. The zero-order valence-corrected chi connectivity index (χ0v) is 16.0. The van der Waals surface area contributed by atoms with Crippen LogP contribution >= 0.6 is 23.2 Å². The van der Waals surface area contributed by atoms with E-state index in [1.165, 1.54) is 12.1 Å². The molecule has 1 N–H and O–H groups in total. The standard InChI is InChI=1S/C20H12Cl2O4S/c21-16-11-17(22)20(15-8-4-3-7-14(15)16)26-27(24,25)18-10-9-12-5-1-2-6-13(12)19(18)23/h1-11,23H. The van der Waals surface area contributed by atoms with Crippen LogP contribution in [0.3, 0.4) is 0 Å². The summed E-state index contributed by atoms with van der Waals surface area (Å²) in [6.45, 7) is 0. The van der Waals surface area contributed by atoms with E-state index in [9.17, 15) is 13.5 Å². The van der Waals surface area contributed by atoms with Crippen LogP contribution in [0, 0.1) is 0 Å².